The molecule has 2 bridgehead atoms. The lowest BCUT2D eigenvalue weighted by Crippen LogP contribution is -2.62. The average molecular weight is 312 g/mol. The fourth-order valence-electron chi connectivity index (χ4n) is 3.79. The summed E-state index contributed by atoms with van der Waals surface area (Å²) in [7, 11) is 0. The number of piperidine rings is 3. The number of nitrogens with one attached hydrogen (secondary N) is 1. The van der Waals surface area contributed by atoms with Gasteiger partial charge in [-0.3, -0.25) is 14.7 Å². The number of nitrogens with zero attached hydrogens (tertiary/aromatic N) is 3. The van der Waals surface area contributed by atoms with Crippen LogP contribution in [0.25, 0.3) is 11.3 Å². The molecule has 0 unspecified atom stereocenters. The van der Waals surface area contributed by atoms with Crippen LogP contribution < -0.4 is 5.32 Å². The third-order valence-corrected chi connectivity index (χ3v) is 5.14. The van der Waals surface area contributed by atoms with E-state index in [9.17, 15) is 4.79 Å². The summed E-state index contributed by atoms with van der Waals surface area (Å²) in [5.41, 5.74) is 0.864. The molecule has 1 amide bonds. The van der Waals surface area contributed by atoms with Gasteiger partial charge in [0.1, 0.15) is 0 Å². The van der Waals surface area contributed by atoms with E-state index < -0.39 is 0 Å². The molecular weight excluding hydrogens is 292 g/mol. The van der Waals surface area contributed by atoms with Crippen LogP contribution in [0.4, 0.5) is 0 Å². The van der Waals surface area contributed by atoms with E-state index in [1.807, 2.05) is 12.1 Å². The van der Waals surface area contributed by atoms with E-state index in [0.717, 1.165) is 31.5 Å². The highest BCUT2D eigenvalue weighted by Gasteiger charge is 2.40. The molecule has 6 nitrogen and oxygen atoms in total. The van der Waals surface area contributed by atoms with Gasteiger partial charge in [0.2, 0.25) is 0 Å². The number of aromatic nitrogens is 2. The maximum Gasteiger partial charge on any atom is 0.307 e. The largest absolute Gasteiger partial charge is 0.432 e. The molecule has 120 valence electrons. The molecule has 23 heavy (non-hydrogen) atoms. The molecule has 3 aliphatic heterocycles. The van der Waals surface area contributed by atoms with Crippen molar-refractivity contribution >= 4 is 5.91 Å². The van der Waals surface area contributed by atoms with Crippen molar-refractivity contribution in [3.05, 3.63) is 36.6 Å². The second-order valence-electron chi connectivity index (χ2n) is 6.38. The lowest BCUT2D eigenvalue weighted by molar-refractivity contribution is 0.0210. The van der Waals surface area contributed by atoms with Crippen LogP contribution in [0.15, 0.2) is 35.1 Å². The van der Waals surface area contributed by atoms with Crippen molar-refractivity contribution in [3.8, 4) is 11.3 Å². The first-order valence-electron chi connectivity index (χ1n) is 8.13. The molecule has 0 spiro atoms. The number of fused-ring (bicyclic) bond motifs is 3. The predicted molar refractivity (Wildman–Crippen MR) is 84.7 cm³/mol. The van der Waals surface area contributed by atoms with Gasteiger partial charge in [0.15, 0.2) is 5.76 Å². The highest BCUT2D eigenvalue weighted by atomic mass is 16.4. The number of carbonyl (C=O) groups is 1. The van der Waals surface area contributed by atoms with E-state index in [0.29, 0.717) is 17.7 Å². The Labute approximate surface area is 134 Å². The van der Waals surface area contributed by atoms with Crippen LogP contribution in [0, 0.1) is 5.92 Å². The normalized spacial score (nSPS) is 29.4. The first-order chi connectivity index (χ1) is 11.2. The summed E-state index contributed by atoms with van der Waals surface area (Å²) in [4.78, 5) is 23.0. The first-order valence-corrected chi connectivity index (χ1v) is 8.13. The van der Waals surface area contributed by atoms with E-state index in [1.54, 1.807) is 18.6 Å². The zero-order valence-corrected chi connectivity index (χ0v) is 13.1. The van der Waals surface area contributed by atoms with Gasteiger partial charge in [0, 0.05) is 30.0 Å². The molecule has 1 N–H and O–H groups in total. The summed E-state index contributed by atoms with van der Waals surface area (Å²) in [5, 5.41) is 3.13. The summed E-state index contributed by atoms with van der Waals surface area (Å²) in [6.07, 6.45) is 7.27. The molecule has 3 aliphatic rings. The summed E-state index contributed by atoms with van der Waals surface area (Å²) in [5.74, 6) is 1.05. The number of hydrogen-bond acceptors (Lipinski definition) is 5. The van der Waals surface area contributed by atoms with Gasteiger partial charge in [-0.2, -0.15) is 0 Å². The van der Waals surface area contributed by atoms with E-state index in [4.69, 9.17) is 4.42 Å². The Morgan fingerprint density at radius 2 is 2.04 bits per heavy atom. The van der Waals surface area contributed by atoms with Crippen LogP contribution >= 0.6 is 0 Å². The molecule has 5 heterocycles. The fourth-order valence-corrected chi connectivity index (χ4v) is 3.79. The van der Waals surface area contributed by atoms with Crippen LogP contribution in [-0.4, -0.2) is 45.9 Å². The SMILES string of the molecule is C[C@H]1[C@H](NC(=O)c2ncc(-c3ccncc3)o2)C2CCN1CC2. The topological polar surface area (TPSA) is 71.3 Å². The minimum atomic E-state index is -0.226. The summed E-state index contributed by atoms with van der Waals surface area (Å²) < 4.78 is 5.62. The minimum absolute atomic E-state index is 0.125. The van der Waals surface area contributed by atoms with Crippen molar-refractivity contribution in [3.63, 3.8) is 0 Å². The van der Waals surface area contributed by atoms with Gasteiger partial charge >= 0.3 is 5.91 Å². The van der Waals surface area contributed by atoms with Gasteiger partial charge in [0.05, 0.1) is 6.20 Å². The summed E-state index contributed by atoms with van der Waals surface area (Å²) >= 11 is 0. The number of pyridine rings is 1. The van der Waals surface area contributed by atoms with E-state index in [-0.39, 0.29) is 17.8 Å². The van der Waals surface area contributed by atoms with E-state index in [1.165, 1.54) is 0 Å². The molecule has 2 aromatic heterocycles. The van der Waals surface area contributed by atoms with Gasteiger partial charge in [-0.15, -0.1) is 0 Å². The molecule has 0 aliphatic carbocycles. The van der Waals surface area contributed by atoms with Crippen LogP contribution in [0.1, 0.15) is 30.5 Å². The minimum Gasteiger partial charge on any atom is -0.432 e. The molecule has 6 heteroatoms. The smallest absolute Gasteiger partial charge is 0.307 e. The second kappa shape index (κ2) is 5.77. The third-order valence-electron chi connectivity index (χ3n) is 5.14. The third kappa shape index (κ3) is 2.63. The predicted octanol–water partition coefficient (Wildman–Crippen LogP) is 1.95. The Bertz CT molecular complexity index is 690. The summed E-state index contributed by atoms with van der Waals surface area (Å²) in [6.45, 7) is 4.47. The molecule has 0 radical (unpaired) electrons. The highest BCUT2D eigenvalue weighted by Crippen LogP contribution is 2.32. The first kappa shape index (κ1) is 14.4. The van der Waals surface area contributed by atoms with Gasteiger partial charge in [-0.05, 0) is 50.9 Å². The molecular formula is C17H20N4O2. The van der Waals surface area contributed by atoms with Crippen molar-refractivity contribution in [2.75, 3.05) is 13.1 Å². The Hall–Kier alpha value is -2.21. The number of rotatable bonds is 3. The van der Waals surface area contributed by atoms with Crippen molar-refractivity contribution in [2.45, 2.75) is 31.8 Å². The van der Waals surface area contributed by atoms with Crippen molar-refractivity contribution in [1.82, 2.24) is 20.2 Å². The van der Waals surface area contributed by atoms with Gasteiger partial charge in [-0.25, -0.2) is 4.98 Å². The highest BCUT2D eigenvalue weighted by molar-refractivity contribution is 5.90. The van der Waals surface area contributed by atoms with Crippen molar-refractivity contribution in [1.29, 1.82) is 0 Å². The number of hydrogen-bond donors (Lipinski definition) is 1. The lowest BCUT2D eigenvalue weighted by atomic mass is 9.79. The maximum atomic E-state index is 12.5. The Balaban J connectivity index is 1.49. The molecule has 2 aromatic rings. The molecule has 3 saturated heterocycles. The van der Waals surface area contributed by atoms with Crippen LogP contribution in [0.3, 0.4) is 0 Å². The Morgan fingerprint density at radius 1 is 1.30 bits per heavy atom. The molecule has 2 atom stereocenters. The van der Waals surface area contributed by atoms with E-state index in [2.05, 4.69) is 27.1 Å². The number of carbonyl (C=O) groups excluding carboxylic acids is 1. The molecule has 0 saturated carbocycles. The van der Waals surface area contributed by atoms with Crippen LogP contribution in [0.5, 0.6) is 0 Å². The zero-order chi connectivity index (χ0) is 15.8. The maximum absolute atomic E-state index is 12.5. The monoisotopic (exact) mass is 312 g/mol. The van der Waals surface area contributed by atoms with Crippen LogP contribution in [-0.2, 0) is 0 Å². The fraction of sp³-hybridized carbons (Fsp3) is 0.471. The molecule has 3 fully saturated rings. The van der Waals surface area contributed by atoms with Crippen LogP contribution in [0.2, 0.25) is 0 Å². The lowest BCUT2D eigenvalue weighted by Gasteiger charge is -2.49. The number of oxazole rings is 1. The summed E-state index contributed by atoms with van der Waals surface area (Å²) in [6, 6.07) is 4.22. The van der Waals surface area contributed by atoms with Gasteiger partial charge in [-0.1, -0.05) is 0 Å². The Kier molecular flexibility index (Phi) is 3.61. The van der Waals surface area contributed by atoms with Gasteiger partial charge in [0.25, 0.3) is 5.89 Å². The zero-order valence-electron chi connectivity index (χ0n) is 13.1. The van der Waals surface area contributed by atoms with Crippen molar-refractivity contribution < 1.29 is 9.21 Å². The number of amides is 1. The van der Waals surface area contributed by atoms with Gasteiger partial charge < -0.3 is 9.73 Å². The quantitative estimate of drug-likeness (QED) is 0.938. The second-order valence-corrected chi connectivity index (χ2v) is 6.38. The molecule has 5 rings (SSSR count). The average Bonchev–Trinajstić information content (AvgIpc) is 3.09. The molecule has 0 aromatic carbocycles. The van der Waals surface area contributed by atoms with E-state index >= 15 is 0 Å². The van der Waals surface area contributed by atoms with Crippen molar-refractivity contribution in [2.24, 2.45) is 5.92 Å². The Morgan fingerprint density at radius 3 is 2.74 bits per heavy atom. The standard InChI is InChI=1S/C17H20N4O2/c1-11-15(13-4-8-21(11)9-5-13)20-16(22)17-19-10-14(23-17)12-2-6-18-7-3-12/h2-3,6-7,10-11,13,15H,4-5,8-9H2,1H3,(H,20,22)/t11-,15-/m0/s1.